The number of oxazole rings is 1. The van der Waals surface area contributed by atoms with Crippen LogP contribution in [0.3, 0.4) is 0 Å². The van der Waals surface area contributed by atoms with Crippen LogP contribution < -0.4 is 5.32 Å². The van der Waals surface area contributed by atoms with Gasteiger partial charge in [0.1, 0.15) is 11.4 Å². The molecule has 0 radical (unpaired) electrons. The second-order valence-corrected chi connectivity index (χ2v) is 6.62. The van der Waals surface area contributed by atoms with E-state index in [9.17, 15) is 20.0 Å². The van der Waals surface area contributed by atoms with Crippen LogP contribution in [-0.4, -0.2) is 25.9 Å². The van der Waals surface area contributed by atoms with Gasteiger partial charge in [0.25, 0.3) is 5.69 Å². The number of nitro groups is 1. The zero-order valence-electron chi connectivity index (χ0n) is 16.3. The number of carbonyl (C=O) groups is 1. The van der Waals surface area contributed by atoms with Gasteiger partial charge in [0.05, 0.1) is 11.0 Å². The molecule has 0 saturated heterocycles. The number of nitro benzene ring substituents is 1. The van der Waals surface area contributed by atoms with E-state index in [4.69, 9.17) is 4.42 Å². The number of hydrogen-bond acceptors (Lipinski definition) is 7. The van der Waals surface area contributed by atoms with E-state index in [0.29, 0.717) is 27.9 Å². The zero-order valence-corrected chi connectivity index (χ0v) is 16.3. The number of phenols is 1. The molecule has 4 aromatic rings. The summed E-state index contributed by atoms with van der Waals surface area (Å²) in [5.74, 6) is -0.203. The third-order valence-corrected chi connectivity index (χ3v) is 4.49. The summed E-state index contributed by atoms with van der Waals surface area (Å²) in [5, 5.41) is 24.0. The smallest absolute Gasteiger partial charge is 0.273 e. The molecular formula is C22H16N4O5. The lowest BCUT2D eigenvalue weighted by atomic mass is 9.98. The quantitative estimate of drug-likeness (QED) is 0.358. The lowest BCUT2D eigenvalue weighted by Gasteiger charge is -2.08. The number of aromatic hydroxyl groups is 1. The maximum atomic E-state index is 11.7. The minimum atomic E-state index is -0.580. The molecule has 9 heteroatoms. The van der Waals surface area contributed by atoms with Crippen molar-refractivity contribution in [2.24, 2.45) is 0 Å². The monoisotopic (exact) mass is 416 g/mol. The lowest BCUT2D eigenvalue weighted by molar-refractivity contribution is -0.384. The molecule has 2 aromatic heterocycles. The molecule has 9 nitrogen and oxygen atoms in total. The Morgan fingerprint density at radius 1 is 1.10 bits per heavy atom. The number of aromatic nitrogens is 2. The van der Waals surface area contributed by atoms with E-state index in [1.807, 2.05) is 0 Å². The Bertz CT molecular complexity index is 1280. The molecule has 31 heavy (non-hydrogen) atoms. The SMILES string of the molecule is CC(=O)Nc1oc(-c2ccccc2-c2ccc([N+](=O)[O-])cc2O)nc1-c1cccnc1. The third kappa shape index (κ3) is 3.97. The van der Waals surface area contributed by atoms with Crippen molar-refractivity contribution < 1.29 is 19.2 Å². The molecule has 2 heterocycles. The van der Waals surface area contributed by atoms with Gasteiger partial charge in [-0.05, 0) is 29.8 Å². The van der Waals surface area contributed by atoms with Crippen molar-refractivity contribution in [1.29, 1.82) is 0 Å². The molecule has 0 aliphatic carbocycles. The van der Waals surface area contributed by atoms with Crippen LogP contribution in [0.5, 0.6) is 5.75 Å². The molecule has 154 valence electrons. The lowest BCUT2D eigenvalue weighted by Crippen LogP contribution is -2.05. The Labute approximate surface area is 176 Å². The summed E-state index contributed by atoms with van der Waals surface area (Å²) in [6.07, 6.45) is 3.22. The number of hydrogen-bond donors (Lipinski definition) is 2. The van der Waals surface area contributed by atoms with Crippen molar-refractivity contribution in [3.05, 3.63) is 77.1 Å². The molecule has 4 rings (SSSR count). The highest BCUT2D eigenvalue weighted by Gasteiger charge is 2.21. The number of carbonyl (C=O) groups excluding carboxylic acids is 1. The summed E-state index contributed by atoms with van der Waals surface area (Å²) in [6, 6.07) is 14.4. The Morgan fingerprint density at radius 2 is 1.87 bits per heavy atom. The highest BCUT2D eigenvalue weighted by Crippen LogP contribution is 2.40. The highest BCUT2D eigenvalue weighted by atomic mass is 16.6. The van der Waals surface area contributed by atoms with Crippen molar-refractivity contribution in [2.75, 3.05) is 5.32 Å². The minimum absolute atomic E-state index is 0.165. The van der Waals surface area contributed by atoms with Crippen molar-refractivity contribution in [2.45, 2.75) is 6.92 Å². The van der Waals surface area contributed by atoms with Gasteiger partial charge < -0.3 is 9.52 Å². The van der Waals surface area contributed by atoms with Gasteiger partial charge in [0, 0.05) is 42.1 Å². The van der Waals surface area contributed by atoms with Crippen molar-refractivity contribution >= 4 is 17.5 Å². The van der Waals surface area contributed by atoms with Crippen LogP contribution in [0.4, 0.5) is 11.6 Å². The average Bonchev–Trinajstić information content (AvgIpc) is 3.17. The average molecular weight is 416 g/mol. The first-order valence-electron chi connectivity index (χ1n) is 9.20. The van der Waals surface area contributed by atoms with Crippen molar-refractivity contribution in [3.8, 4) is 39.6 Å². The van der Waals surface area contributed by atoms with Crippen LogP contribution >= 0.6 is 0 Å². The van der Waals surface area contributed by atoms with Gasteiger partial charge in [-0.2, -0.15) is 0 Å². The molecule has 2 N–H and O–H groups in total. The summed E-state index contributed by atoms with van der Waals surface area (Å²) >= 11 is 0. The number of pyridine rings is 1. The Kier molecular flexibility index (Phi) is 5.15. The van der Waals surface area contributed by atoms with Gasteiger partial charge in [-0.3, -0.25) is 25.2 Å². The Morgan fingerprint density at radius 3 is 2.52 bits per heavy atom. The zero-order chi connectivity index (χ0) is 22.0. The minimum Gasteiger partial charge on any atom is -0.507 e. The van der Waals surface area contributed by atoms with Crippen molar-refractivity contribution in [1.82, 2.24) is 9.97 Å². The molecule has 2 aromatic carbocycles. The van der Waals surface area contributed by atoms with Gasteiger partial charge in [0.15, 0.2) is 0 Å². The molecule has 0 atom stereocenters. The van der Waals surface area contributed by atoms with E-state index < -0.39 is 4.92 Å². The molecule has 0 fully saturated rings. The molecule has 0 saturated carbocycles. The van der Waals surface area contributed by atoms with Crippen molar-refractivity contribution in [3.63, 3.8) is 0 Å². The van der Waals surface area contributed by atoms with Crippen LogP contribution in [0, 0.1) is 10.1 Å². The summed E-state index contributed by atoms with van der Waals surface area (Å²) < 4.78 is 5.87. The van der Waals surface area contributed by atoms with Crippen LogP contribution in [-0.2, 0) is 4.79 Å². The number of phenolic OH excluding ortho intramolecular Hbond substituents is 1. The van der Waals surface area contributed by atoms with E-state index in [1.54, 1.807) is 48.8 Å². The van der Waals surface area contributed by atoms with Crippen LogP contribution in [0.1, 0.15) is 6.92 Å². The fraction of sp³-hybridized carbons (Fsp3) is 0.0455. The second kappa shape index (κ2) is 8.07. The number of anilines is 1. The summed E-state index contributed by atoms with van der Waals surface area (Å²) in [4.78, 5) is 30.7. The molecule has 0 spiro atoms. The highest BCUT2D eigenvalue weighted by molar-refractivity contribution is 5.92. The summed E-state index contributed by atoms with van der Waals surface area (Å²) in [6.45, 7) is 1.36. The number of non-ortho nitro benzene ring substituents is 1. The van der Waals surface area contributed by atoms with Crippen LogP contribution in [0.2, 0.25) is 0 Å². The summed E-state index contributed by atoms with van der Waals surface area (Å²) in [7, 11) is 0. The third-order valence-electron chi connectivity index (χ3n) is 4.49. The second-order valence-electron chi connectivity index (χ2n) is 6.62. The number of amides is 1. The maximum absolute atomic E-state index is 11.7. The van der Waals surface area contributed by atoms with Crippen LogP contribution in [0.25, 0.3) is 33.8 Å². The largest absolute Gasteiger partial charge is 0.507 e. The predicted molar refractivity (Wildman–Crippen MR) is 113 cm³/mol. The van der Waals surface area contributed by atoms with E-state index >= 15 is 0 Å². The molecule has 1 amide bonds. The number of benzene rings is 2. The van der Waals surface area contributed by atoms with Gasteiger partial charge >= 0.3 is 0 Å². The summed E-state index contributed by atoms with van der Waals surface area (Å²) in [5.41, 5.74) is 2.31. The predicted octanol–water partition coefficient (Wildman–Crippen LogP) is 4.64. The molecule has 0 bridgehead atoms. The number of rotatable bonds is 5. The first-order valence-corrected chi connectivity index (χ1v) is 9.20. The Balaban J connectivity index is 1.86. The molecule has 0 aliphatic heterocycles. The van der Waals surface area contributed by atoms with Gasteiger partial charge in [-0.25, -0.2) is 4.98 Å². The molecule has 0 unspecified atom stereocenters. The topological polar surface area (TPSA) is 131 Å². The first-order chi connectivity index (χ1) is 14.9. The van der Waals surface area contributed by atoms with Gasteiger partial charge in [-0.15, -0.1) is 0 Å². The van der Waals surface area contributed by atoms with Crippen LogP contribution in [0.15, 0.2) is 71.4 Å². The van der Waals surface area contributed by atoms with E-state index in [1.165, 1.54) is 19.1 Å². The number of nitrogens with one attached hydrogen (secondary N) is 1. The van der Waals surface area contributed by atoms with Gasteiger partial charge in [0.2, 0.25) is 17.7 Å². The van der Waals surface area contributed by atoms with E-state index in [-0.39, 0.29) is 29.1 Å². The standard InChI is InChI=1S/C22H16N4O5/c1-13(27)24-22-20(14-5-4-10-23-12-14)25-21(31-22)18-7-3-2-6-16(18)17-9-8-15(26(29)30)11-19(17)28/h2-12,28H,1H3,(H,24,27). The van der Waals surface area contributed by atoms with E-state index in [0.717, 1.165) is 6.07 Å². The van der Waals surface area contributed by atoms with E-state index in [2.05, 4.69) is 15.3 Å². The fourth-order valence-electron chi connectivity index (χ4n) is 3.14. The Hall–Kier alpha value is -4.53. The fourth-order valence-corrected chi connectivity index (χ4v) is 3.14. The maximum Gasteiger partial charge on any atom is 0.273 e. The molecule has 0 aliphatic rings. The number of nitrogens with zero attached hydrogens (tertiary/aromatic N) is 3. The van der Waals surface area contributed by atoms with Gasteiger partial charge in [-0.1, -0.05) is 18.2 Å². The molecular weight excluding hydrogens is 400 g/mol. The normalized spacial score (nSPS) is 10.6. The first kappa shape index (κ1) is 19.8.